The SMILES string of the molecule is OCC(O)CNC1CC(c2cccc(F)c2)C1. The maximum absolute atomic E-state index is 13.0. The summed E-state index contributed by atoms with van der Waals surface area (Å²) in [7, 11) is 0. The van der Waals surface area contributed by atoms with Crippen LogP contribution in [0.2, 0.25) is 0 Å². The van der Waals surface area contributed by atoms with Crippen LogP contribution in [0, 0.1) is 5.82 Å². The van der Waals surface area contributed by atoms with Crippen molar-refractivity contribution in [2.45, 2.75) is 30.9 Å². The zero-order valence-electron chi connectivity index (χ0n) is 9.64. The Morgan fingerprint density at radius 1 is 1.41 bits per heavy atom. The monoisotopic (exact) mass is 239 g/mol. The summed E-state index contributed by atoms with van der Waals surface area (Å²) >= 11 is 0. The van der Waals surface area contributed by atoms with Gasteiger partial charge in [0.05, 0.1) is 12.7 Å². The minimum Gasteiger partial charge on any atom is -0.394 e. The standard InChI is InChI=1S/C13H18FNO2/c14-11-3-1-2-9(4-11)10-5-12(6-10)15-7-13(17)8-16/h1-4,10,12-13,15-17H,5-8H2. The van der Waals surface area contributed by atoms with E-state index < -0.39 is 6.10 Å². The van der Waals surface area contributed by atoms with Gasteiger partial charge in [-0.25, -0.2) is 4.39 Å². The van der Waals surface area contributed by atoms with Crippen molar-refractivity contribution in [3.05, 3.63) is 35.6 Å². The summed E-state index contributed by atoms with van der Waals surface area (Å²) in [6, 6.07) is 7.09. The van der Waals surface area contributed by atoms with E-state index >= 15 is 0 Å². The third-order valence-electron chi connectivity index (χ3n) is 3.31. The Kier molecular flexibility index (Phi) is 4.10. The van der Waals surface area contributed by atoms with Crippen molar-refractivity contribution >= 4 is 0 Å². The van der Waals surface area contributed by atoms with Gasteiger partial charge in [-0.15, -0.1) is 0 Å². The summed E-state index contributed by atoms with van der Waals surface area (Å²) in [5.74, 6) is 0.226. The lowest BCUT2D eigenvalue weighted by Gasteiger charge is -2.36. The van der Waals surface area contributed by atoms with Gasteiger partial charge in [0.15, 0.2) is 0 Å². The van der Waals surface area contributed by atoms with Gasteiger partial charge in [-0.2, -0.15) is 0 Å². The molecule has 1 aliphatic rings. The highest BCUT2D eigenvalue weighted by Gasteiger charge is 2.30. The van der Waals surface area contributed by atoms with Gasteiger partial charge in [-0.3, -0.25) is 0 Å². The minimum absolute atomic E-state index is 0.186. The molecule has 1 atom stereocenters. The highest BCUT2D eigenvalue weighted by atomic mass is 19.1. The quantitative estimate of drug-likeness (QED) is 0.719. The molecule has 3 N–H and O–H groups in total. The van der Waals surface area contributed by atoms with Gasteiger partial charge in [0.25, 0.3) is 0 Å². The molecule has 1 saturated carbocycles. The van der Waals surface area contributed by atoms with Crippen LogP contribution in [0.5, 0.6) is 0 Å². The van der Waals surface area contributed by atoms with Crippen LogP contribution in [-0.4, -0.2) is 35.5 Å². The van der Waals surface area contributed by atoms with Crippen molar-refractivity contribution in [1.29, 1.82) is 0 Å². The summed E-state index contributed by atoms with van der Waals surface area (Å²) in [5, 5.41) is 21.0. The van der Waals surface area contributed by atoms with E-state index in [0.29, 0.717) is 18.5 Å². The van der Waals surface area contributed by atoms with Gasteiger partial charge in [-0.05, 0) is 36.5 Å². The Hall–Kier alpha value is -0.970. The van der Waals surface area contributed by atoms with Crippen LogP contribution in [0.1, 0.15) is 24.3 Å². The highest BCUT2D eigenvalue weighted by Crippen LogP contribution is 2.36. The molecule has 3 nitrogen and oxygen atoms in total. The zero-order valence-corrected chi connectivity index (χ0v) is 9.64. The largest absolute Gasteiger partial charge is 0.394 e. The fourth-order valence-corrected chi connectivity index (χ4v) is 2.18. The van der Waals surface area contributed by atoms with Crippen molar-refractivity contribution < 1.29 is 14.6 Å². The lowest BCUT2D eigenvalue weighted by Crippen LogP contribution is -2.44. The van der Waals surface area contributed by atoms with E-state index in [4.69, 9.17) is 5.11 Å². The second kappa shape index (κ2) is 5.58. The molecule has 0 bridgehead atoms. The van der Waals surface area contributed by atoms with Crippen LogP contribution >= 0.6 is 0 Å². The normalized spacial score (nSPS) is 25.4. The number of nitrogens with one attached hydrogen (secondary N) is 1. The average Bonchev–Trinajstić information content (AvgIpc) is 2.26. The van der Waals surface area contributed by atoms with Gasteiger partial charge >= 0.3 is 0 Å². The molecule has 0 spiro atoms. The van der Waals surface area contributed by atoms with E-state index in [1.807, 2.05) is 6.07 Å². The molecule has 17 heavy (non-hydrogen) atoms. The van der Waals surface area contributed by atoms with E-state index in [9.17, 15) is 9.50 Å². The molecule has 94 valence electrons. The second-order valence-corrected chi connectivity index (χ2v) is 4.66. The Bertz CT molecular complexity index is 366. The van der Waals surface area contributed by atoms with Crippen LogP contribution in [0.3, 0.4) is 0 Å². The molecule has 0 radical (unpaired) electrons. The molecule has 0 amide bonds. The number of aliphatic hydroxyl groups is 2. The first-order chi connectivity index (χ1) is 8.19. The van der Waals surface area contributed by atoms with Crippen molar-refractivity contribution in [2.24, 2.45) is 0 Å². The molecule has 4 heteroatoms. The van der Waals surface area contributed by atoms with Crippen molar-refractivity contribution in [3.63, 3.8) is 0 Å². The summed E-state index contributed by atoms with van der Waals surface area (Å²) in [5.41, 5.74) is 1.05. The predicted octanol–water partition coefficient (Wildman–Crippen LogP) is 1.01. The van der Waals surface area contributed by atoms with Crippen LogP contribution in [-0.2, 0) is 0 Å². The fourth-order valence-electron chi connectivity index (χ4n) is 2.18. The molecular weight excluding hydrogens is 221 g/mol. The zero-order chi connectivity index (χ0) is 12.3. The smallest absolute Gasteiger partial charge is 0.123 e. The van der Waals surface area contributed by atoms with E-state index in [1.54, 1.807) is 12.1 Å². The Morgan fingerprint density at radius 2 is 2.18 bits per heavy atom. The first kappa shape index (κ1) is 12.5. The third kappa shape index (κ3) is 3.25. The second-order valence-electron chi connectivity index (χ2n) is 4.66. The van der Waals surface area contributed by atoms with Gasteiger partial charge < -0.3 is 15.5 Å². The maximum atomic E-state index is 13.0. The molecule has 1 aliphatic carbocycles. The van der Waals surface area contributed by atoms with Crippen LogP contribution in [0.4, 0.5) is 4.39 Å². The number of hydrogen-bond donors (Lipinski definition) is 3. The van der Waals surface area contributed by atoms with Crippen LogP contribution < -0.4 is 5.32 Å². The number of aliphatic hydroxyl groups excluding tert-OH is 2. The molecule has 0 saturated heterocycles. The highest BCUT2D eigenvalue weighted by molar-refractivity contribution is 5.23. The Morgan fingerprint density at radius 3 is 2.82 bits per heavy atom. The number of rotatable bonds is 5. The maximum Gasteiger partial charge on any atom is 0.123 e. The lowest BCUT2D eigenvalue weighted by molar-refractivity contribution is 0.0872. The molecular formula is C13H18FNO2. The molecule has 0 aromatic heterocycles. The first-order valence-electron chi connectivity index (χ1n) is 5.97. The van der Waals surface area contributed by atoms with Gasteiger partial charge in [-0.1, -0.05) is 12.1 Å². The van der Waals surface area contributed by atoms with Crippen molar-refractivity contribution in [1.82, 2.24) is 5.32 Å². The van der Waals surface area contributed by atoms with E-state index in [-0.39, 0.29) is 12.4 Å². The summed E-state index contributed by atoms with van der Waals surface area (Å²) in [4.78, 5) is 0. The molecule has 1 aromatic carbocycles. The fraction of sp³-hybridized carbons (Fsp3) is 0.538. The molecule has 1 unspecified atom stereocenters. The van der Waals surface area contributed by atoms with Crippen LogP contribution in [0.15, 0.2) is 24.3 Å². The molecule has 1 fully saturated rings. The van der Waals surface area contributed by atoms with Crippen molar-refractivity contribution in [3.8, 4) is 0 Å². The summed E-state index contributed by atoms with van der Waals surface area (Å²) in [6.45, 7) is 0.198. The molecule has 2 rings (SSSR count). The third-order valence-corrected chi connectivity index (χ3v) is 3.31. The predicted molar refractivity (Wildman–Crippen MR) is 63.3 cm³/mol. The van der Waals surface area contributed by atoms with E-state index in [0.717, 1.165) is 18.4 Å². The van der Waals surface area contributed by atoms with Gasteiger partial charge in [0.1, 0.15) is 5.82 Å². The van der Waals surface area contributed by atoms with E-state index in [1.165, 1.54) is 6.07 Å². The molecule has 0 aliphatic heterocycles. The van der Waals surface area contributed by atoms with Gasteiger partial charge in [0.2, 0.25) is 0 Å². The number of halogens is 1. The molecule has 0 heterocycles. The number of hydrogen-bond acceptors (Lipinski definition) is 3. The van der Waals surface area contributed by atoms with Crippen LogP contribution in [0.25, 0.3) is 0 Å². The molecule has 1 aromatic rings. The van der Waals surface area contributed by atoms with Gasteiger partial charge in [0, 0.05) is 12.6 Å². The Labute approximate surface area is 100 Å². The lowest BCUT2D eigenvalue weighted by atomic mass is 9.76. The minimum atomic E-state index is -0.691. The summed E-state index contributed by atoms with van der Waals surface area (Å²) in [6.07, 6.45) is 1.23. The van der Waals surface area contributed by atoms with Crippen molar-refractivity contribution in [2.75, 3.05) is 13.2 Å². The Balaban J connectivity index is 1.75. The number of benzene rings is 1. The summed E-state index contributed by atoms with van der Waals surface area (Å²) < 4.78 is 13.0. The topological polar surface area (TPSA) is 52.5 Å². The average molecular weight is 239 g/mol. The first-order valence-corrected chi connectivity index (χ1v) is 5.97. The van der Waals surface area contributed by atoms with E-state index in [2.05, 4.69) is 5.32 Å².